The summed E-state index contributed by atoms with van der Waals surface area (Å²) in [6, 6.07) is 0. The van der Waals surface area contributed by atoms with Gasteiger partial charge < -0.3 is 0 Å². The van der Waals surface area contributed by atoms with Crippen LogP contribution in [-0.2, 0) is 9.59 Å². The highest BCUT2D eigenvalue weighted by Crippen LogP contribution is 2.63. The topological polar surface area (TPSA) is 37.4 Å². The molecule has 0 aromatic rings. The summed E-state index contributed by atoms with van der Waals surface area (Å²) >= 11 is 5.67. The van der Waals surface area contributed by atoms with Crippen molar-refractivity contribution in [2.75, 3.05) is 12.4 Å². The monoisotopic (exact) mass is 257 g/mol. The molecule has 0 bridgehead atoms. The van der Waals surface area contributed by atoms with Crippen molar-refractivity contribution in [3.8, 4) is 0 Å². The van der Waals surface area contributed by atoms with E-state index in [2.05, 4.69) is 6.92 Å². The van der Waals surface area contributed by atoms with Crippen molar-refractivity contribution in [3.63, 3.8) is 0 Å². The molecule has 0 N–H and O–H groups in total. The lowest BCUT2D eigenvalue weighted by Gasteiger charge is -2.21. The highest BCUT2D eigenvalue weighted by molar-refractivity contribution is 6.17. The fourth-order valence-corrected chi connectivity index (χ4v) is 3.28. The number of piperidine rings is 1. The second-order valence-electron chi connectivity index (χ2n) is 5.98. The van der Waals surface area contributed by atoms with Crippen LogP contribution in [0.5, 0.6) is 0 Å². The van der Waals surface area contributed by atoms with E-state index in [0.29, 0.717) is 18.3 Å². The summed E-state index contributed by atoms with van der Waals surface area (Å²) in [5.74, 6) is 1.11. The van der Waals surface area contributed by atoms with Crippen LogP contribution >= 0.6 is 11.6 Å². The molecule has 3 nitrogen and oxygen atoms in total. The van der Waals surface area contributed by atoms with E-state index in [1.165, 1.54) is 4.90 Å². The Labute approximate surface area is 107 Å². The van der Waals surface area contributed by atoms with Gasteiger partial charge in [-0.2, -0.15) is 0 Å². The van der Waals surface area contributed by atoms with Crippen molar-refractivity contribution in [2.24, 2.45) is 23.2 Å². The van der Waals surface area contributed by atoms with E-state index in [1.807, 2.05) is 13.8 Å². The number of alkyl halides is 1. The summed E-state index contributed by atoms with van der Waals surface area (Å²) in [5, 5.41) is 0. The van der Waals surface area contributed by atoms with Gasteiger partial charge in [0, 0.05) is 12.4 Å². The van der Waals surface area contributed by atoms with Crippen molar-refractivity contribution in [1.82, 2.24) is 4.90 Å². The van der Waals surface area contributed by atoms with Gasteiger partial charge in [-0.25, -0.2) is 0 Å². The zero-order valence-corrected chi connectivity index (χ0v) is 11.5. The molecule has 4 heteroatoms. The third-order valence-electron chi connectivity index (χ3n) is 4.34. The first kappa shape index (κ1) is 12.9. The summed E-state index contributed by atoms with van der Waals surface area (Å²) in [5.41, 5.74) is -0.0909. The molecule has 0 spiro atoms. The summed E-state index contributed by atoms with van der Waals surface area (Å²) in [4.78, 5) is 25.5. The average Bonchev–Trinajstić information content (AvgIpc) is 2.69. The lowest BCUT2D eigenvalue weighted by atomic mass is 10.0. The van der Waals surface area contributed by atoms with Crippen molar-refractivity contribution < 1.29 is 9.59 Å². The van der Waals surface area contributed by atoms with Crippen LogP contribution in [0.3, 0.4) is 0 Å². The molecule has 2 aliphatic rings. The molecule has 1 saturated carbocycles. The molecule has 1 aliphatic heterocycles. The summed E-state index contributed by atoms with van der Waals surface area (Å²) in [6.45, 7) is 6.69. The molecule has 2 amide bonds. The maximum atomic E-state index is 12.0. The molecular weight excluding hydrogens is 238 g/mol. The standard InChI is InChI=1S/C13H20ClNO2/c1-8(4-6-14)5-7-15-11(16)9-10(12(15)17)13(9,2)3/h8-10H,4-7H2,1-3H3. The van der Waals surface area contributed by atoms with Gasteiger partial charge in [0.25, 0.3) is 0 Å². The maximum Gasteiger partial charge on any atom is 0.233 e. The van der Waals surface area contributed by atoms with Crippen molar-refractivity contribution in [1.29, 1.82) is 0 Å². The van der Waals surface area contributed by atoms with E-state index >= 15 is 0 Å². The number of hydrogen-bond acceptors (Lipinski definition) is 2. The predicted molar refractivity (Wildman–Crippen MR) is 66.6 cm³/mol. The Morgan fingerprint density at radius 2 is 1.76 bits per heavy atom. The van der Waals surface area contributed by atoms with E-state index in [4.69, 9.17) is 11.6 Å². The first-order valence-electron chi connectivity index (χ1n) is 6.32. The fraction of sp³-hybridized carbons (Fsp3) is 0.846. The molecule has 1 aliphatic carbocycles. The zero-order chi connectivity index (χ0) is 12.8. The fourth-order valence-electron chi connectivity index (χ4n) is 2.90. The Morgan fingerprint density at radius 3 is 2.24 bits per heavy atom. The van der Waals surface area contributed by atoms with Crippen molar-refractivity contribution in [3.05, 3.63) is 0 Å². The van der Waals surface area contributed by atoms with Gasteiger partial charge in [0.05, 0.1) is 11.8 Å². The van der Waals surface area contributed by atoms with Crippen molar-refractivity contribution in [2.45, 2.75) is 33.6 Å². The molecule has 0 radical (unpaired) electrons. The number of carbonyl (C=O) groups excluding carboxylic acids is 2. The molecule has 2 fully saturated rings. The van der Waals surface area contributed by atoms with Gasteiger partial charge in [0.1, 0.15) is 0 Å². The van der Waals surface area contributed by atoms with Crippen LogP contribution in [0.15, 0.2) is 0 Å². The number of imide groups is 1. The lowest BCUT2D eigenvalue weighted by Crippen LogP contribution is -2.37. The quantitative estimate of drug-likeness (QED) is 0.560. The molecule has 17 heavy (non-hydrogen) atoms. The van der Waals surface area contributed by atoms with Crippen LogP contribution in [0.1, 0.15) is 33.6 Å². The second kappa shape index (κ2) is 4.27. The minimum absolute atomic E-state index is 0.0432. The normalized spacial score (nSPS) is 31.6. The van der Waals surface area contributed by atoms with Gasteiger partial charge in [-0.15, -0.1) is 11.6 Å². The Balaban J connectivity index is 1.89. The van der Waals surface area contributed by atoms with Gasteiger partial charge in [-0.3, -0.25) is 14.5 Å². The third-order valence-corrected chi connectivity index (χ3v) is 4.56. The highest BCUT2D eigenvalue weighted by atomic mass is 35.5. The largest absolute Gasteiger partial charge is 0.282 e. The predicted octanol–water partition coefficient (Wildman–Crippen LogP) is 2.28. The Bertz CT molecular complexity index is 329. The molecule has 2 rings (SSSR count). The molecular formula is C13H20ClNO2. The number of likely N-dealkylation sites (tertiary alicyclic amines) is 1. The van der Waals surface area contributed by atoms with Gasteiger partial charge in [-0.05, 0) is 24.2 Å². The SMILES string of the molecule is CC(CCCl)CCN1C(=O)C2C(C1=O)C2(C)C. The Hall–Kier alpha value is -0.570. The average molecular weight is 258 g/mol. The molecule has 0 aromatic carbocycles. The minimum Gasteiger partial charge on any atom is -0.282 e. The minimum atomic E-state index is -0.0909. The molecule has 1 heterocycles. The first-order chi connectivity index (χ1) is 7.91. The first-order valence-corrected chi connectivity index (χ1v) is 6.86. The number of hydrogen-bond donors (Lipinski definition) is 0. The number of carbonyl (C=O) groups is 2. The van der Waals surface area contributed by atoms with E-state index in [9.17, 15) is 9.59 Å². The van der Waals surface area contributed by atoms with Gasteiger partial charge in [-0.1, -0.05) is 20.8 Å². The summed E-state index contributed by atoms with van der Waals surface area (Å²) in [7, 11) is 0. The van der Waals surface area contributed by atoms with Crippen LogP contribution in [-0.4, -0.2) is 29.1 Å². The summed E-state index contributed by atoms with van der Waals surface area (Å²) in [6.07, 6.45) is 1.81. The van der Waals surface area contributed by atoms with Gasteiger partial charge >= 0.3 is 0 Å². The summed E-state index contributed by atoms with van der Waals surface area (Å²) < 4.78 is 0. The number of amides is 2. The van der Waals surface area contributed by atoms with Crippen LogP contribution in [0.2, 0.25) is 0 Å². The van der Waals surface area contributed by atoms with E-state index < -0.39 is 0 Å². The highest BCUT2D eigenvalue weighted by Gasteiger charge is 2.72. The molecule has 0 aromatic heterocycles. The Morgan fingerprint density at radius 1 is 1.24 bits per heavy atom. The maximum absolute atomic E-state index is 12.0. The third kappa shape index (κ3) is 1.99. The number of rotatable bonds is 5. The van der Waals surface area contributed by atoms with E-state index in [-0.39, 0.29) is 29.1 Å². The lowest BCUT2D eigenvalue weighted by molar-refractivity contribution is -0.143. The van der Waals surface area contributed by atoms with Crippen LogP contribution in [0, 0.1) is 23.2 Å². The number of halogens is 1. The van der Waals surface area contributed by atoms with E-state index in [1.54, 1.807) is 0 Å². The number of fused-ring (bicyclic) bond motifs is 1. The van der Waals surface area contributed by atoms with Crippen molar-refractivity contribution >= 4 is 23.4 Å². The van der Waals surface area contributed by atoms with Crippen LogP contribution in [0.4, 0.5) is 0 Å². The van der Waals surface area contributed by atoms with Crippen LogP contribution < -0.4 is 0 Å². The Kier molecular flexibility index (Phi) is 3.23. The van der Waals surface area contributed by atoms with Crippen LogP contribution in [0.25, 0.3) is 0 Å². The van der Waals surface area contributed by atoms with Gasteiger partial charge in [0.15, 0.2) is 0 Å². The number of nitrogens with zero attached hydrogens (tertiary/aromatic N) is 1. The molecule has 96 valence electrons. The smallest absolute Gasteiger partial charge is 0.233 e. The molecule has 3 unspecified atom stereocenters. The molecule has 3 atom stereocenters. The zero-order valence-electron chi connectivity index (χ0n) is 10.7. The molecule has 1 saturated heterocycles. The van der Waals surface area contributed by atoms with E-state index in [0.717, 1.165) is 12.8 Å². The van der Waals surface area contributed by atoms with Gasteiger partial charge in [0.2, 0.25) is 11.8 Å². The second-order valence-corrected chi connectivity index (χ2v) is 6.35.